The third kappa shape index (κ3) is 2.80. The second-order valence-corrected chi connectivity index (χ2v) is 4.53. The van der Waals surface area contributed by atoms with Crippen LogP contribution in [0, 0.1) is 6.92 Å². The Morgan fingerprint density at radius 1 is 1.56 bits per heavy atom. The van der Waals surface area contributed by atoms with Gasteiger partial charge in [-0.2, -0.15) is 0 Å². The van der Waals surface area contributed by atoms with Gasteiger partial charge in [-0.25, -0.2) is 0 Å². The topological polar surface area (TPSA) is 70.0 Å². The van der Waals surface area contributed by atoms with Crippen molar-refractivity contribution in [3.8, 4) is 5.75 Å². The summed E-state index contributed by atoms with van der Waals surface area (Å²) in [6.07, 6.45) is 0. The number of phenolic OH excluding ortho intramolecular Hbond substituents is 1. The molecule has 18 heavy (non-hydrogen) atoms. The number of benzene rings is 1. The number of carboxylic acids is 1. The molecule has 0 saturated carbocycles. The van der Waals surface area contributed by atoms with Crippen LogP contribution in [-0.2, 0) is 16.1 Å². The summed E-state index contributed by atoms with van der Waals surface area (Å²) in [4.78, 5) is 12.9. The normalized spacial score (nSPS) is 20.8. The maximum Gasteiger partial charge on any atom is 0.323 e. The first-order chi connectivity index (χ1) is 8.58. The standard InChI is InChI=1S/C13H17NO4/c1-9-2-3-12(15)10(6-9)7-14-4-5-18-8-11(14)13(16)17/h2-3,6,11,15H,4-5,7-8H2,1H3,(H,16,17). The highest BCUT2D eigenvalue weighted by Crippen LogP contribution is 2.22. The number of carbonyl (C=O) groups is 1. The first-order valence-corrected chi connectivity index (χ1v) is 5.91. The average molecular weight is 251 g/mol. The van der Waals surface area contributed by atoms with Gasteiger partial charge in [0.25, 0.3) is 0 Å². The molecule has 1 aliphatic rings. The van der Waals surface area contributed by atoms with Crippen LogP contribution in [0.4, 0.5) is 0 Å². The predicted octanol–water partition coefficient (Wildman–Crippen LogP) is 0.986. The molecule has 1 fully saturated rings. The SMILES string of the molecule is Cc1ccc(O)c(CN2CCOCC2C(=O)O)c1. The van der Waals surface area contributed by atoms with Crippen LogP contribution in [0.2, 0.25) is 0 Å². The fraction of sp³-hybridized carbons (Fsp3) is 0.462. The minimum atomic E-state index is -0.887. The van der Waals surface area contributed by atoms with Crippen molar-refractivity contribution in [1.29, 1.82) is 0 Å². The van der Waals surface area contributed by atoms with E-state index in [2.05, 4.69) is 0 Å². The third-order valence-corrected chi connectivity index (χ3v) is 3.13. The van der Waals surface area contributed by atoms with E-state index < -0.39 is 12.0 Å². The number of aryl methyl sites for hydroxylation is 1. The van der Waals surface area contributed by atoms with Crippen molar-refractivity contribution >= 4 is 5.97 Å². The van der Waals surface area contributed by atoms with Gasteiger partial charge in [0.2, 0.25) is 0 Å². The highest BCUT2D eigenvalue weighted by atomic mass is 16.5. The summed E-state index contributed by atoms with van der Waals surface area (Å²) in [6, 6.07) is 4.70. The molecule has 0 radical (unpaired) electrons. The number of nitrogens with zero attached hydrogens (tertiary/aromatic N) is 1. The van der Waals surface area contributed by atoms with E-state index in [1.165, 1.54) is 0 Å². The lowest BCUT2D eigenvalue weighted by Crippen LogP contribution is -2.49. The van der Waals surface area contributed by atoms with Crippen LogP contribution in [0.5, 0.6) is 5.75 Å². The molecule has 98 valence electrons. The van der Waals surface area contributed by atoms with Gasteiger partial charge in [-0.1, -0.05) is 17.7 Å². The number of rotatable bonds is 3. The second-order valence-electron chi connectivity index (χ2n) is 4.53. The minimum Gasteiger partial charge on any atom is -0.508 e. The molecule has 0 amide bonds. The van der Waals surface area contributed by atoms with Crippen molar-refractivity contribution in [3.05, 3.63) is 29.3 Å². The number of hydrogen-bond acceptors (Lipinski definition) is 4. The van der Waals surface area contributed by atoms with Gasteiger partial charge in [0.15, 0.2) is 0 Å². The van der Waals surface area contributed by atoms with E-state index in [0.717, 1.165) is 11.1 Å². The largest absolute Gasteiger partial charge is 0.508 e. The molecule has 0 aromatic heterocycles. The molecule has 1 saturated heterocycles. The first kappa shape index (κ1) is 12.9. The van der Waals surface area contributed by atoms with E-state index in [0.29, 0.717) is 19.7 Å². The van der Waals surface area contributed by atoms with Crippen LogP contribution in [0.1, 0.15) is 11.1 Å². The summed E-state index contributed by atoms with van der Waals surface area (Å²) >= 11 is 0. The third-order valence-electron chi connectivity index (χ3n) is 3.13. The average Bonchev–Trinajstić information content (AvgIpc) is 2.34. The van der Waals surface area contributed by atoms with Crippen molar-refractivity contribution in [2.45, 2.75) is 19.5 Å². The summed E-state index contributed by atoms with van der Waals surface area (Å²) in [6.45, 7) is 3.65. The Morgan fingerprint density at radius 3 is 3.06 bits per heavy atom. The van der Waals surface area contributed by atoms with Crippen molar-refractivity contribution in [2.75, 3.05) is 19.8 Å². The monoisotopic (exact) mass is 251 g/mol. The predicted molar refractivity (Wildman–Crippen MR) is 65.5 cm³/mol. The van der Waals surface area contributed by atoms with Gasteiger partial charge in [-0.05, 0) is 13.0 Å². The molecule has 5 heteroatoms. The smallest absolute Gasteiger partial charge is 0.323 e. The van der Waals surface area contributed by atoms with E-state index in [-0.39, 0.29) is 12.4 Å². The highest BCUT2D eigenvalue weighted by Gasteiger charge is 2.29. The van der Waals surface area contributed by atoms with Crippen molar-refractivity contribution < 1.29 is 19.7 Å². The summed E-state index contributed by atoms with van der Waals surface area (Å²) in [5.74, 6) is -0.682. The summed E-state index contributed by atoms with van der Waals surface area (Å²) < 4.78 is 5.18. The lowest BCUT2D eigenvalue weighted by molar-refractivity contribution is -0.150. The summed E-state index contributed by atoms with van der Waals surface area (Å²) in [5.41, 5.74) is 1.80. The quantitative estimate of drug-likeness (QED) is 0.838. The number of aromatic hydroxyl groups is 1. The van der Waals surface area contributed by atoms with Crippen LogP contribution in [0.25, 0.3) is 0 Å². The van der Waals surface area contributed by atoms with Crippen LogP contribution >= 0.6 is 0 Å². The fourth-order valence-electron chi connectivity index (χ4n) is 2.11. The molecule has 1 aromatic carbocycles. The van der Waals surface area contributed by atoms with E-state index in [4.69, 9.17) is 9.84 Å². The van der Waals surface area contributed by atoms with Gasteiger partial charge < -0.3 is 14.9 Å². The molecular formula is C13H17NO4. The van der Waals surface area contributed by atoms with E-state index >= 15 is 0 Å². The van der Waals surface area contributed by atoms with Gasteiger partial charge in [-0.15, -0.1) is 0 Å². The number of ether oxygens (including phenoxy) is 1. The zero-order valence-electron chi connectivity index (χ0n) is 10.3. The zero-order chi connectivity index (χ0) is 13.1. The fourth-order valence-corrected chi connectivity index (χ4v) is 2.11. The Balaban J connectivity index is 2.15. The Labute approximate surface area is 106 Å². The molecule has 1 heterocycles. The molecule has 2 N–H and O–H groups in total. The van der Waals surface area contributed by atoms with Crippen LogP contribution < -0.4 is 0 Å². The Morgan fingerprint density at radius 2 is 2.33 bits per heavy atom. The van der Waals surface area contributed by atoms with E-state index in [9.17, 15) is 9.90 Å². The lowest BCUT2D eigenvalue weighted by Gasteiger charge is -2.32. The van der Waals surface area contributed by atoms with Crippen molar-refractivity contribution in [2.24, 2.45) is 0 Å². The van der Waals surface area contributed by atoms with Crippen LogP contribution in [0.15, 0.2) is 18.2 Å². The number of carboxylic acid groups (broad SMARTS) is 1. The maximum absolute atomic E-state index is 11.1. The summed E-state index contributed by atoms with van der Waals surface area (Å²) in [5, 5.41) is 18.9. The molecule has 1 atom stereocenters. The van der Waals surface area contributed by atoms with Gasteiger partial charge in [0.1, 0.15) is 11.8 Å². The molecular weight excluding hydrogens is 234 g/mol. The van der Waals surface area contributed by atoms with E-state index in [1.807, 2.05) is 24.0 Å². The number of morpholine rings is 1. The number of phenols is 1. The Kier molecular flexibility index (Phi) is 3.84. The molecule has 5 nitrogen and oxygen atoms in total. The minimum absolute atomic E-state index is 0.196. The van der Waals surface area contributed by atoms with Crippen molar-refractivity contribution in [1.82, 2.24) is 4.90 Å². The van der Waals surface area contributed by atoms with Gasteiger partial charge >= 0.3 is 5.97 Å². The zero-order valence-corrected chi connectivity index (χ0v) is 10.3. The van der Waals surface area contributed by atoms with Gasteiger partial charge in [0.05, 0.1) is 13.2 Å². The molecule has 0 bridgehead atoms. The van der Waals surface area contributed by atoms with E-state index in [1.54, 1.807) is 6.07 Å². The molecule has 1 unspecified atom stereocenters. The molecule has 1 aromatic rings. The summed E-state index contributed by atoms with van der Waals surface area (Å²) in [7, 11) is 0. The van der Waals surface area contributed by atoms with Gasteiger partial charge in [0, 0.05) is 18.7 Å². The Hall–Kier alpha value is -1.59. The number of aliphatic carboxylic acids is 1. The highest BCUT2D eigenvalue weighted by molar-refractivity contribution is 5.73. The van der Waals surface area contributed by atoms with Gasteiger partial charge in [-0.3, -0.25) is 9.69 Å². The molecule has 0 aliphatic carbocycles. The molecule has 1 aliphatic heterocycles. The molecule has 2 rings (SSSR count). The second kappa shape index (κ2) is 5.37. The number of hydrogen-bond donors (Lipinski definition) is 2. The first-order valence-electron chi connectivity index (χ1n) is 5.91. The van der Waals surface area contributed by atoms with Crippen LogP contribution in [0.3, 0.4) is 0 Å². The lowest BCUT2D eigenvalue weighted by atomic mass is 10.1. The molecule has 0 spiro atoms. The maximum atomic E-state index is 11.1. The van der Waals surface area contributed by atoms with Crippen LogP contribution in [-0.4, -0.2) is 46.9 Å². The van der Waals surface area contributed by atoms with Crippen molar-refractivity contribution in [3.63, 3.8) is 0 Å². The Bertz CT molecular complexity index is 447.